The largest absolute Gasteiger partial charge is 0.469 e. The van der Waals surface area contributed by atoms with Crippen molar-refractivity contribution >= 4 is 22.8 Å². The number of hydrogen-bond acceptors (Lipinski definition) is 6. The van der Waals surface area contributed by atoms with Gasteiger partial charge in [-0.25, -0.2) is 4.68 Å². The van der Waals surface area contributed by atoms with Crippen molar-refractivity contribution in [3.8, 4) is 0 Å². The Hall–Kier alpha value is -3.55. The molecule has 1 heterocycles. The summed E-state index contributed by atoms with van der Waals surface area (Å²) in [5, 5.41) is 11.2. The van der Waals surface area contributed by atoms with Crippen LogP contribution in [-0.4, -0.2) is 34.0 Å². The molecule has 0 aliphatic rings. The number of ether oxygens (including phenoxy) is 1. The molecule has 1 N–H and O–H groups in total. The molecule has 0 aliphatic carbocycles. The van der Waals surface area contributed by atoms with Crippen molar-refractivity contribution in [1.29, 1.82) is 0 Å². The van der Waals surface area contributed by atoms with Gasteiger partial charge in [0, 0.05) is 6.42 Å². The summed E-state index contributed by atoms with van der Waals surface area (Å²) in [5.74, 6) is -0.728. The monoisotopic (exact) mass is 394 g/mol. The van der Waals surface area contributed by atoms with Crippen LogP contribution in [0.25, 0.3) is 10.9 Å². The molecule has 1 aromatic heterocycles. The van der Waals surface area contributed by atoms with Crippen LogP contribution < -0.4 is 10.9 Å². The summed E-state index contributed by atoms with van der Waals surface area (Å²) in [5.41, 5.74) is 2.09. The molecule has 0 spiro atoms. The number of aryl methyl sites for hydroxylation is 2. The van der Waals surface area contributed by atoms with Gasteiger partial charge in [-0.2, -0.15) is 0 Å². The smallest absolute Gasteiger partial charge is 0.307 e. The van der Waals surface area contributed by atoms with Crippen LogP contribution in [0, 0.1) is 6.92 Å². The lowest BCUT2D eigenvalue weighted by Gasteiger charge is -2.18. The van der Waals surface area contributed by atoms with E-state index in [2.05, 4.69) is 15.6 Å². The molecule has 1 unspecified atom stereocenters. The number of aromatic nitrogens is 3. The second-order valence-electron chi connectivity index (χ2n) is 6.70. The van der Waals surface area contributed by atoms with Crippen LogP contribution in [0.2, 0.25) is 0 Å². The summed E-state index contributed by atoms with van der Waals surface area (Å²) in [6, 6.07) is 13.9. The number of carbonyl (C=O) groups is 2. The van der Waals surface area contributed by atoms with Crippen molar-refractivity contribution in [3.63, 3.8) is 0 Å². The Bertz CT molecular complexity index is 1080. The van der Waals surface area contributed by atoms with E-state index in [0.717, 1.165) is 11.1 Å². The number of benzene rings is 2. The number of amides is 1. The van der Waals surface area contributed by atoms with E-state index in [9.17, 15) is 14.4 Å². The summed E-state index contributed by atoms with van der Waals surface area (Å²) < 4.78 is 5.91. The number of rotatable bonds is 7. The molecular formula is C21H22N4O4. The Balaban J connectivity index is 1.70. The molecule has 0 saturated heterocycles. The predicted molar refractivity (Wildman–Crippen MR) is 107 cm³/mol. The molecular weight excluding hydrogens is 372 g/mol. The summed E-state index contributed by atoms with van der Waals surface area (Å²) in [6.07, 6.45) is 0.0392. The third kappa shape index (κ3) is 5.04. The molecule has 3 aromatic rings. The second-order valence-corrected chi connectivity index (χ2v) is 6.70. The molecule has 29 heavy (non-hydrogen) atoms. The predicted octanol–water partition coefficient (Wildman–Crippen LogP) is 1.91. The van der Waals surface area contributed by atoms with Gasteiger partial charge in [-0.1, -0.05) is 47.2 Å². The van der Waals surface area contributed by atoms with E-state index in [1.165, 1.54) is 11.8 Å². The van der Waals surface area contributed by atoms with E-state index < -0.39 is 12.0 Å². The van der Waals surface area contributed by atoms with Gasteiger partial charge in [0.25, 0.3) is 5.56 Å². The number of nitrogens with zero attached hydrogens (tertiary/aromatic N) is 3. The van der Waals surface area contributed by atoms with Gasteiger partial charge in [-0.05, 0) is 24.6 Å². The molecule has 0 radical (unpaired) electrons. The molecule has 8 nitrogen and oxygen atoms in total. The molecule has 0 aliphatic heterocycles. The molecule has 0 saturated carbocycles. The van der Waals surface area contributed by atoms with E-state index in [1.807, 2.05) is 31.2 Å². The fraction of sp³-hybridized carbons (Fsp3) is 0.286. The van der Waals surface area contributed by atoms with Gasteiger partial charge < -0.3 is 10.1 Å². The topological polar surface area (TPSA) is 103 Å². The molecule has 0 bridgehead atoms. The summed E-state index contributed by atoms with van der Waals surface area (Å²) >= 11 is 0. The highest BCUT2D eigenvalue weighted by Crippen LogP contribution is 2.18. The zero-order chi connectivity index (χ0) is 20.8. The minimum absolute atomic E-state index is 0.0149. The standard InChI is InChI=1S/C21H22N4O4/c1-14-7-9-15(10-8-14)18(13-20(27)29-2)22-19(26)11-12-25-21(28)16-5-3-4-6-17(16)23-24-25/h3-10,18H,11-13H2,1-2H3,(H,22,26). The highest BCUT2D eigenvalue weighted by Gasteiger charge is 2.19. The van der Waals surface area contributed by atoms with Crippen molar-refractivity contribution in [2.75, 3.05) is 7.11 Å². The molecule has 3 rings (SSSR count). The van der Waals surface area contributed by atoms with Gasteiger partial charge in [-0.15, -0.1) is 5.10 Å². The lowest BCUT2D eigenvalue weighted by atomic mass is 10.0. The van der Waals surface area contributed by atoms with Gasteiger partial charge in [0.1, 0.15) is 5.52 Å². The molecule has 0 fully saturated rings. The quantitative estimate of drug-likeness (QED) is 0.614. The highest BCUT2D eigenvalue weighted by molar-refractivity contribution is 5.78. The van der Waals surface area contributed by atoms with Crippen LogP contribution in [0.15, 0.2) is 53.3 Å². The first-order chi connectivity index (χ1) is 14.0. The number of nitrogens with one attached hydrogen (secondary N) is 1. The molecule has 2 aromatic carbocycles. The van der Waals surface area contributed by atoms with Crippen LogP contribution in [0.4, 0.5) is 0 Å². The van der Waals surface area contributed by atoms with E-state index in [0.29, 0.717) is 10.9 Å². The van der Waals surface area contributed by atoms with Crippen molar-refractivity contribution in [3.05, 3.63) is 70.0 Å². The number of hydrogen-bond donors (Lipinski definition) is 1. The van der Waals surface area contributed by atoms with Gasteiger partial charge in [0.05, 0.1) is 31.5 Å². The summed E-state index contributed by atoms with van der Waals surface area (Å²) in [6.45, 7) is 2.04. The SMILES string of the molecule is COC(=O)CC(NC(=O)CCn1nnc2ccccc2c1=O)c1ccc(C)cc1. The van der Waals surface area contributed by atoms with Crippen molar-refractivity contribution in [1.82, 2.24) is 20.3 Å². The zero-order valence-electron chi connectivity index (χ0n) is 16.3. The van der Waals surface area contributed by atoms with Crippen LogP contribution in [0.1, 0.15) is 30.0 Å². The Morgan fingerprint density at radius 1 is 1.14 bits per heavy atom. The first-order valence-corrected chi connectivity index (χ1v) is 9.23. The van der Waals surface area contributed by atoms with E-state index in [1.54, 1.807) is 24.3 Å². The third-order valence-electron chi connectivity index (χ3n) is 4.59. The Morgan fingerprint density at radius 3 is 2.59 bits per heavy atom. The molecule has 1 atom stereocenters. The van der Waals surface area contributed by atoms with Gasteiger partial charge in [0.2, 0.25) is 5.91 Å². The van der Waals surface area contributed by atoms with Crippen molar-refractivity contribution in [2.24, 2.45) is 0 Å². The maximum atomic E-state index is 12.5. The zero-order valence-corrected chi connectivity index (χ0v) is 16.3. The Morgan fingerprint density at radius 2 is 1.86 bits per heavy atom. The van der Waals surface area contributed by atoms with Crippen LogP contribution >= 0.6 is 0 Å². The molecule has 8 heteroatoms. The molecule has 1 amide bonds. The Labute approximate surface area is 167 Å². The fourth-order valence-electron chi connectivity index (χ4n) is 2.94. The summed E-state index contributed by atoms with van der Waals surface area (Å²) in [4.78, 5) is 36.7. The number of fused-ring (bicyclic) bond motifs is 1. The average Bonchev–Trinajstić information content (AvgIpc) is 2.73. The summed E-state index contributed by atoms with van der Waals surface area (Å²) in [7, 11) is 1.31. The van der Waals surface area contributed by atoms with E-state index >= 15 is 0 Å². The maximum Gasteiger partial charge on any atom is 0.307 e. The molecule has 150 valence electrons. The average molecular weight is 394 g/mol. The first-order valence-electron chi connectivity index (χ1n) is 9.23. The number of esters is 1. The van der Waals surface area contributed by atoms with Gasteiger partial charge in [0.15, 0.2) is 0 Å². The van der Waals surface area contributed by atoms with E-state index in [-0.39, 0.29) is 30.9 Å². The van der Waals surface area contributed by atoms with Crippen LogP contribution in [0.3, 0.4) is 0 Å². The minimum Gasteiger partial charge on any atom is -0.469 e. The van der Waals surface area contributed by atoms with Crippen molar-refractivity contribution < 1.29 is 14.3 Å². The van der Waals surface area contributed by atoms with Gasteiger partial charge in [-0.3, -0.25) is 14.4 Å². The lowest BCUT2D eigenvalue weighted by Crippen LogP contribution is -2.33. The number of carbonyl (C=O) groups excluding carboxylic acids is 2. The number of methoxy groups -OCH3 is 1. The van der Waals surface area contributed by atoms with Crippen LogP contribution in [-0.2, 0) is 20.9 Å². The normalized spacial score (nSPS) is 11.8. The highest BCUT2D eigenvalue weighted by atomic mass is 16.5. The third-order valence-corrected chi connectivity index (χ3v) is 4.59. The maximum absolute atomic E-state index is 12.5. The van der Waals surface area contributed by atoms with Gasteiger partial charge >= 0.3 is 5.97 Å². The second kappa shape index (κ2) is 9.09. The Kier molecular flexibility index (Phi) is 6.33. The fourth-order valence-corrected chi connectivity index (χ4v) is 2.94. The lowest BCUT2D eigenvalue weighted by molar-refractivity contribution is -0.141. The van der Waals surface area contributed by atoms with Crippen molar-refractivity contribution in [2.45, 2.75) is 32.4 Å². The van der Waals surface area contributed by atoms with Crippen LogP contribution in [0.5, 0.6) is 0 Å². The first kappa shape index (κ1) is 20.2. The minimum atomic E-state index is -0.519. The van der Waals surface area contributed by atoms with E-state index in [4.69, 9.17) is 4.74 Å².